The average Bonchev–Trinajstić information content (AvgIpc) is 2.16. The Bertz CT molecular complexity index is 281. The van der Waals surface area contributed by atoms with Crippen molar-refractivity contribution in [2.45, 2.75) is 33.1 Å². The summed E-state index contributed by atoms with van der Waals surface area (Å²) in [6.45, 7) is 6.49. The average molecular weight is 179 g/mol. The molecule has 72 valence electrons. The second-order valence-electron chi connectivity index (χ2n) is 3.40. The Hall–Kier alpha value is -1.05. The Labute approximate surface area is 80.0 Å². The van der Waals surface area contributed by atoms with Crippen molar-refractivity contribution in [2.75, 3.05) is 7.11 Å². The SMILES string of the molecule is CCc1nc(OC)ccc1C(C)C. The molecule has 2 nitrogen and oxygen atoms in total. The highest BCUT2D eigenvalue weighted by atomic mass is 16.5. The number of aryl methyl sites for hydroxylation is 1. The molecule has 0 amide bonds. The fourth-order valence-corrected chi connectivity index (χ4v) is 1.41. The van der Waals surface area contributed by atoms with E-state index in [0.29, 0.717) is 11.8 Å². The third kappa shape index (κ3) is 2.20. The number of aromatic nitrogens is 1. The van der Waals surface area contributed by atoms with Gasteiger partial charge in [-0.3, -0.25) is 0 Å². The number of hydrogen-bond acceptors (Lipinski definition) is 2. The minimum Gasteiger partial charge on any atom is -0.481 e. The number of methoxy groups -OCH3 is 1. The molecule has 0 aliphatic carbocycles. The predicted molar refractivity (Wildman–Crippen MR) is 54.3 cm³/mol. The lowest BCUT2D eigenvalue weighted by atomic mass is 10.0. The highest BCUT2D eigenvalue weighted by Gasteiger charge is 2.07. The van der Waals surface area contributed by atoms with E-state index in [1.807, 2.05) is 6.07 Å². The van der Waals surface area contributed by atoms with Crippen molar-refractivity contribution in [1.82, 2.24) is 4.98 Å². The Morgan fingerprint density at radius 2 is 2.08 bits per heavy atom. The summed E-state index contributed by atoms with van der Waals surface area (Å²) in [6.07, 6.45) is 0.963. The summed E-state index contributed by atoms with van der Waals surface area (Å²) in [5.74, 6) is 1.25. The maximum absolute atomic E-state index is 5.08. The van der Waals surface area contributed by atoms with Crippen LogP contribution < -0.4 is 4.74 Å². The van der Waals surface area contributed by atoms with Crippen molar-refractivity contribution in [2.24, 2.45) is 0 Å². The van der Waals surface area contributed by atoms with E-state index in [1.54, 1.807) is 7.11 Å². The first kappa shape index (κ1) is 10.0. The Morgan fingerprint density at radius 1 is 1.38 bits per heavy atom. The number of ether oxygens (including phenoxy) is 1. The van der Waals surface area contributed by atoms with E-state index in [-0.39, 0.29) is 0 Å². The highest BCUT2D eigenvalue weighted by molar-refractivity contribution is 5.28. The Kier molecular flexibility index (Phi) is 3.29. The third-order valence-electron chi connectivity index (χ3n) is 2.15. The van der Waals surface area contributed by atoms with Crippen LogP contribution in [0.4, 0.5) is 0 Å². The summed E-state index contributed by atoms with van der Waals surface area (Å²) in [5, 5.41) is 0. The molecule has 0 spiro atoms. The van der Waals surface area contributed by atoms with E-state index in [2.05, 4.69) is 31.8 Å². The van der Waals surface area contributed by atoms with Gasteiger partial charge in [-0.1, -0.05) is 26.8 Å². The molecule has 1 rings (SSSR count). The van der Waals surface area contributed by atoms with Crippen LogP contribution in [-0.2, 0) is 6.42 Å². The molecule has 0 aromatic carbocycles. The number of rotatable bonds is 3. The summed E-state index contributed by atoms with van der Waals surface area (Å²) >= 11 is 0. The smallest absolute Gasteiger partial charge is 0.213 e. The second-order valence-corrected chi connectivity index (χ2v) is 3.40. The van der Waals surface area contributed by atoms with Crippen LogP contribution in [0.3, 0.4) is 0 Å². The second kappa shape index (κ2) is 4.26. The molecule has 0 radical (unpaired) electrons. The largest absolute Gasteiger partial charge is 0.481 e. The minimum atomic E-state index is 0.536. The maximum Gasteiger partial charge on any atom is 0.213 e. The third-order valence-corrected chi connectivity index (χ3v) is 2.15. The van der Waals surface area contributed by atoms with Gasteiger partial charge in [0.1, 0.15) is 0 Å². The number of nitrogens with zero attached hydrogens (tertiary/aromatic N) is 1. The molecular weight excluding hydrogens is 162 g/mol. The Morgan fingerprint density at radius 3 is 2.54 bits per heavy atom. The van der Waals surface area contributed by atoms with Crippen LogP contribution in [0.25, 0.3) is 0 Å². The van der Waals surface area contributed by atoms with Gasteiger partial charge >= 0.3 is 0 Å². The zero-order valence-electron chi connectivity index (χ0n) is 8.79. The van der Waals surface area contributed by atoms with Gasteiger partial charge in [0.15, 0.2) is 0 Å². The predicted octanol–water partition coefficient (Wildman–Crippen LogP) is 2.78. The van der Waals surface area contributed by atoms with Crippen LogP contribution in [-0.4, -0.2) is 12.1 Å². The van der Waals surface area contributed by atoms with Crippen molar-refractivity contribution in [1.29, 1.82) is 0 Å². The zero-order chi connectivity index (χ0) is 9.84. The lowest BCUT2D eigenvalue weighted by Gasteiger charge is -2.11. The van der Waals surface area contributed by atoms with E-state index >= 15 is 0 Å². The van der Waals surface area contributed by atoms with Crippen LogP contribution in [0.1, 0.15) is 37.9 Å². The van der Waals surface area contributed by atoms with E-state index in [4.69, 9.17) is 4.74 Å². The lowest BCUT2D eigenvalue weighted by Crippen LogP contribution is -2.00. The highest BCUT2D eigenvalue weighted by Crippen LogP contribution is 2.21. The van der Waals surface area contributed by atoms with Gasteiger partial charge in [0, 0.05) is 11.8 Å². The van der Waals surface area contributed by atoms with Gasteiger partial charge in [0.2, 0.25) is 5.88 Å². The van der Waals surface area contributed by atoms with Gasteiger partial charge in [0.25, 0.3) is 0 Å². The van der Waals surface area contributed by atoms with Crippen molar-refractivity contribution in [3.63, 3.8) is 0 Å². The van der Waals surface area contributed by atoms with Crippen molar-refractivity contribution >= 4 is 0 Å². The summed E-state index contributed by atoms with van der Waals surface area (Å²) in [4.78, 5) is 4.41. The summed E-state index contributed by atoms with van der Waals surface area (Å²) in [6, 6.07) is 4.03. The molecule has 0 aliphatic heterocycles. The number of pyridine rings is 1. The molecule has 0 saturated carbocycles. The van der Waals surface area contributed by atoms with Gasteiger partial charge in [-0.25, -0.2) is 4.98 Å². The topological polar surface area (TPSA) is 22.1 Å². The van der Waals surface area contributed by atoms with Gasteiger partial charge < -0.3 is 4.74 Å². The van der Waals surface area contributed by atoms with Crippen molar-refractivity contribution in [3.8, 4) is 5.88 Å². The molecule has 0 aliphatic rings. The van der Waals surface area contributed by atoms with Crippen LogP contribution >= 0.6 is 0 Å². The zero-order valence-corrected chi connectivity index (χ0v) is 8.79. The fourth-order valence-electron chi connectivity index (χ4n) is 1.41. The van der Waals surface area contributed by atoms with E-state index in [1.165, 1.54) is 5.56 Å². The van der Waals surface area contributed by atoms with E-state index in [9.17, 15) is 0 Å². The van der Waals surface area contributed by atoms with E-state index < -0.39 is 0 Å². The van der Waals surface area contributed by atoms with Crippen LogP contribution in [0.5, 0.6) is 5.88 Å². The van der Waals surface area contributed by atoms with Crippen molar-refractivity contribution in [3.05, 3.63) is 23.4 Å². The molecule has 0 saturated heterocycles. The van der Waals surface area contributed by atoms with Gasteiger partial charge in [-0.05, 0) is 17.9 Å². The standard InChI is InChI=1S/C11H17NO/c1-5-10-9(8(2)3)6-7-11(12-10)13-4/h6-8H,5H2,1-4H3. The van der Waals surface area contributed by atoms with Crippen molar-refractivity contribution < 1.29 is 4.74 Å². The quantitative estimate of drug-likeness (QED) is 0.711. The first-order valence-corrected chi connectivity index (χ1v) is 4.72. The lowest BCUT2D eigenvalue weighted by molar-refractivity contribution is 0.396. The first-order valence-electron chi connectivity index (χ1n) is 4.72. The van der Waals surface area contributed by atoms with Crippen LogP contribution in [0.15, 0.2) is 12.1 Å². The molecule has 0 fully saturated rings. The molecule has 0 unspecified atom stereocenters. The molecule has 0 atom stereocenters. The normalized spacial score (nSPS) is 10.5. The summed E-state index contributed by atoms with van der Waals surface area (Å²) < 4.78 is 5.08. The fraction of sp³-hybridized carbons (Fsp3) is 0.545. The van der Waals surface area contributed by atoms with E-state index in [0.717, 1.165) is 12.1 Å². The maximum atomic E-state index is 5.08. The molecule has 0 N–H and O–H groups in total. The monoisotopic (exact) mass is 179 g/mol. The number of hydrogen-bond donors (Lipinski definition) is 0. The Balaban J connectivity index is 3.08. The van der Waals surface area contributed by atoms with Crippen LogP contribution in [0.2, 0.25) is 0 Å². The molecule has 0 bridgehead atoms. The van der Waals surface area contributed by atoms with Gasteiger partial charge in [-0.15, -0.1) is 0 Å². The van der Waals surface area contributed by atoms with Gasteiger partial charge in [0.05, 0.1) is 7.11 Å². The molecule has 1 aromatic heterocycles. The van der Waals surface area contributed by atoms with Crippen LogP contribution in [0, 0.1) is 0 Å². The minimum absolute atomic E-state index is 0.536. The summed E-state index contributed by atoms with van der Waals surface area (Å²) in [5.41, 5.74) is 2.47. The molecule has 13 heavy (non-hydrogen) atoms. The molecule has 2 heteroatoms. The molecular formula is C11H17NO. The first-order chi connectivity index (χ1) is 6.19. The molecule has 1 heterocycles. The molecule has 1 aromatic rings. The van der Waals surface area contributed by atoms with Gasteiger partial charge in [-0.2, -0.15) is 0 Å². The summed E-state index contributed by atoms with van der Waals surface area (Å²) in [7, 11) is 1.65.